The number of piperidine rings is 1. The average Bonchev–Trinajstić information content (AvgIpc) is 2.98. The van der Waals surface area contributed by atoms with Gasteiger partial charge in [0.05, 0.1) is 19.9 Å². The number of piperazine rings is 1. The normalized spacial score (nSPS) is 17.2. The van der Waals surface area contributed by atoms with Gasteiger partial charge in [-0.05, 0) is 62.6 Å². The van der Waals surface area contributed by atoms with Crippen LogP contribution in [0.4, 0.5) is 26.1 Å². The highest BCUT2D eigenvalue weighted by Gasteiger charge is 2.27. The van der Waals surface area contributed by atoms with Gasteiger partial charge in [-0.15, -0.1) is 0 Å². The van der Waals surface area contributed by atoms with Gasteiger partial charge in [0.25, 0.3) is 0 Å². The fourth-order valence-electron chi connectivity index (χ4n) is 5.59. The van der Waals surface area contributed by atoms with Crippen LogP contribution in [0.15, 0.2) is 42.7 Å². The van der Waals surface area contributed by atoms with E-state index in [1.807, 2.05) is 12.1 Å². The fourth-order valence-corrected chi connectivity index (χ4v) is 5.59. The van der Waals surface area contributed by atoms with E-state index >= 15 is 0 Å². The summed E-state index contributed by atoms with van der Waals surface area (Å²) in [5.41, 5.74) is 2.69. The van der Waals surface area contributed by atoms with Crippen molar-refractivity contribution in [3.63, 3.8) is 0 Å². The van der Waals surface area contributed by atoms with Crippen LogP contribution in [-0.4, -0.2) is 86.3 Å². The lowest BCUT2D eigenvalue weighted by atomic mass is 10.0. The van der Waals surface area contributed by atoms with E-state index < -0.39 is 11.6 Å². The van der Waals surface area contributed by atoms with Crippen molar-refractivity contribution in [1.82, 2.24) is 19.8 Å². The molecule has 2 aromatic carbocycles. The average molecular weight is 553 g/mol. The first-order valence-electron chi connectivity index (χ1n) is 13.9. The first kappa shape index (κ1) is 28.0. The lowest BCUT2D eigenvalue weighted by molar-refractivity contribution is 0.0981. The second-order valence-corrected chi connectivity index (χ2v) is 10.5. The molecule has 8 nitrogen and oxygen atoms in total. The Kier molecular flexibility index (Phi) is 8.96. The molecule has 0 atom stereocenters. The molecular weight excluding hydrogens is 514 g/mol. The number of rotatable bonds is 9. The van der Waals surface area contributed by atoms with E-state index in [1.54, 1.807) is 19.5 Å². The van der Waals surface area contributed by atoms with Gasteiger partial charge in [0, 0.05) is 75.0 Å². The highest BCUT2D eigenvalue weighted by molar-refractivity contribution is 5.67. The van der Waals surface area contributed by atoms with Gasteiger partial charge < -0.3 is 24.6 Å². The molecule has 0 amide bonds. The summed E-state index contributed by atoms with van der Waals surface area (Å²) >= 11 is 0. The zero-order valence-electron chi connectivity index (χ0n) is 23.5. The number of nitrogens with zero attached hydrogens (tertiary/aromatic N) is 5. The van der Waals surface area contributed by atoms with E-state index in [-0.39, 0.29) is 17.7 Å². The fraction of sp³-hybridized carbons (Fsp3) is 0.467. The van der Waals surface area contributed by atoms with Gasteiger partial charge in [-0.3, -0.25) is 4.90 Å². The number of halogens is 2. The van der Waals surface area contributed by atoms with E-state index in [4.69, 9.17) is 9.47 Å². The minimum atomic E-state index is -0.668. The molecule has 10 heteroatoms. The zero-order valence-corrected chi connectivity index (χ0v) is 23.5. The Morgan fingerprint density at radius 2 is 1.57 bits per heavy atom. The zero-order chi connectivity index (χ0) is 28.1. The number of methoxy groups -OCH3 is 2. The molecule has 0 aliphatic carbocycles. The number of hydrogen-bond donors (Lipinski definition) is 1. The second-order valence-electron chi connectivity index (χ2n) is 10.5. The number of nitrogens with one attached hydrogen (secondary N) is 1. The van der Waals surface area contributed by atoms with E-state index in [1.165, 1.54) is 19.2 Å². The Balaban J connectivity index is 1.17. The van der Waals surface area contributed by atoms with Crippen molar-refractivity contribution < 1.29 is 18.3 Å². The Hall–Kier alpha value is -3.50. The lowest BCUT2D eigenvalue weighted by Gasteiger charge is -2.42. The van der Waals surface area contributed by atoms with Gasteiger partial charge in [-0.1, -0.05) is 0 Å². The van der Waals surface area contributed by atoms with Crippen LogP contribution < -0.4 is 19.7 Å². The van der Waals surface area contributed by atoms with Crippen molar-refractivity contribution in [3.8, 4) is 11.5 Å². The predicted octanol–water partition coefficient (Wildman–Crippen LogP) is 4.52. The molecule has 0 saturated carbocycles. The molecule has 1 N–H and O–H groups in total. The van der Waals surface area contributed by atoms with Gasteiger partial charge in [0.2, 0.25) is 5.95 Å². The van der Waals surface area contributed by atoms with Crippen LogP contribution in [-0.2, 0) is 12.8 Å². The van der Waals surface area contributed by atoms with Crippen LogP contribution in [0.5, 0.6) is 11.5 Å². The number of hydrogen-bond acceptors (Lipinski definition) is 8. The molecule has 0 bridgehead atoms. The summed E-state index contributed by atoms with van der Waals surface area (Å²) in [5.74, 6) is 0.0175. The Morgan fingerprint density at radius 1 is 0.875 bits per heavy atom. The number of benzene rings is 2. The van der Waals surface area contributed by atoms with Crippen LogP contribution >= 0.6 is 0 Å². The van der Waals surface area contributed by atoms with Crippen LogP contribution in [0.1, 0.15) is 24.0 Å². The second kappa shape index (κ2) is 12.8. The molecule has 2 saturated heterocycles. The quantitative estimate of drug-likeness (QED) is 0.416. The van der Waals surface area contributed by atoms with Crippen molar-refractivity contribution in [2.24, 2.45) is 0 Å². The summed E-state index contributed by atoms with van der Waals surface area (Å²) in [4.78, 5) is 16.3. The van der Waals surface area contributed by atoms with Gasteiger partial charge in [-0.25, -0.2) is 18.7 Å². The summed E-state index contributed by atoms with van der Waals surface area (Å²) in [6, 6.07) is 9.23. The van der Waals surface area contributed by atoms with E-state index in [0.29, 0.717) is 18.4 Å². The highest BCUT2D eigenvalue weighted by Crippen LogP contribution is 2.34. The smallest absolute Gasteiger partial charge is 0.227 e. The SMILES string of the molecule is COc1cc(Nc2ncc(CCc3c(F)ccc(OC)c3F)cn2)ccc1N1CCC(N2CCN(C)CC2)CC1. The third-order valence-electron chi connectivity index (χ3n) is 8.03. The van der Waals surface area contributed by atoms with Crippen LogP contribution in [0, 0.1) is 11.6 Å². The molecule has 40 heavy (non-hydrogen) atoms. The minimum Gasteiger partial charge on any atom is -0.495 e. The summed E-state index contributed by atoms with van der Waals surface area (Å²) < 4.78 is 39.3. The molecule has 3 heterocycles. The first-order valence-corrected chi connectivity index (χ1v) is 13.9. The van der Waals surface area contributed by atoms with E-state index in [9.17, 15) is 8.78 Å². The van der Waals surface area contributed by atoms with Crippen molar-refractivity contribution in [1.29, 1.82) is 0 Å². The maximum atomic E-state index is 14.4. The Bertz CT molecular complexity index is 1280. The number of aromatic nitrogens is 2. The lowest BCUT2D eigenvalue weighted by Crippen LogP contribution is -2.52. The third-order valence-corrected chi connectivity index (χ3v) is 8.03. The van der Waals surface area contributed by atoms with Crippen molar-refractivity contribution in [2.45, 2.75) is 31.7 Å². The van der Waals surface area contributed by atoms with E-state index in [0.717, 1.165) is 74.8 Å². The molecule has 2 aliphatic rings. The van der Waals surface area contributed by atoms with Crippen LogP contribution in [0.3, 0.4) is 0 Å². The molecular formula is C30H38F2N6O2. The summed E-state index contributed by atoms with van der Waals surface area (Å²) in [6.07, 6.45) is 6.22. The van der Waals surface area contributed by atoms with Crippen molar-refractivity contribution in [3.05, 3.63) is 65.5 Å². The topological polar surface area (TPSA) is 66.0 Å². The number of aryl methyl sites for hydroxylation is 1. The number of ether oxygens (including phenoxy) is 2. The number of anilines is 3. The van der Waals surface area contributed by atoms with E-state index in [2.05, 4.69) is 43.1 Å². The highest BCUT2D eigenvalue weighted by atomic mass is 19.1. The molecule has 1 aromatic heterocycles. The minimum absolute atomic E-state index is 0.00251. The number of likely N-dealkylation sites (N-methyl/N-ethyl adjacent to an activating group) is 1. The summed E-state index contributed by atoms with van der Waals surface area (Å²) in [7, 11) is 5.25. The molecule has 2 fully saturated rings. The predicted molar refractivity (Wildman–Crippen MR) is 153 cm³/mol. The molecule has 2 aliphatic heterocycles. The maximum Gasteiger partial charge on any atom is 0.227 e. The monoisotopic (exact) mass is 552 g/mol. The first-order chi connectivity index (χ1) is 19.4. The third kappa shape index (κ3) is 6.45. The van der Waals surface area contributed by atoms with Crippen LogP contribution in [0.2, 0.25) is 0 Å². The van der Waals surface area contributed by atoms with Gasteiger partial charge >= 0.3 is 0 Å². The van der Waals surface area contributed by atoms with Gasteiger partial charge in [-0.2, -0.15) is 0 Å². The van der Waals surface area contributed by atoms with Gasteiger partial charge in [0.15, 0.2) is 11.6 Å². The molecule has 3 aromatic rings. The van der Waals surface area contributed by atoms with Crippen LogP contribution in [0.25, 0.3) is 0 Å². The summed E-state index contributed by atoms with van der Waals surface area (Å²) in [6.45, 7) is 6.64. The molecule has 0 spiro atoms. The molecule has 214 valence electrons. The Labute approximate surface area is 234 Å². The maximum absolute atomic E-state index is 14.4. The summed E-state index contributed by atoms with van der Waals surface area (Å²) in [5, 5.41) is 3.23. The molecule has 0 radical (unpaired) electrons. The largest absolute Gasteiger partial charge is 0.495 e. The van der Waals surface area contributed by atoms with Crippen molar-refractivity contribution >= 4 is 17.3 Å². The van der Waals surface area contributed by atoms with Crippen molar-refractivity contribution in [2.75, 3.05) is 70.8 Å². The standard InChI is InChI=1S/C30H38F2N6O2/c1-36-14-16-37(17-15-36)23-10-12-38(13-11-23)26-8-5-22(18-28(26)40-3)35-30-33-19-21(20-34-30)4-6-24-25(31)7-9-27(39-2)29(24)32/h5,7-9,18-20,23H,4,6,10-17H2,1-3H3,(H,33,34,35). The Morgan fingerprint density at radius 3 is 2.25 bits per heavy atom. The van der Waals surface area contributed by atoms with Gasteiger partial charge in [0.1, 0.15) is 11.6 Å². The molecule has 5 rings (SSSR count). The molecule has 0 unspecified atom stereocenters.